The quantitative estimate of drug-likeness (QED) is 0.860. The fraction of sp³-hybridized carbons (Fsp3) is 0.667. The van der Waals surface area contributed by atoms with Gasteiger partial charge in [0.15, 0.2) is 0 Å². The van der Waals surface area contributed by atoms with Gasteiger partial charge in [0, 0.05) is 0 Å². The summed E-state index contributed by atoms with van der Waals surface area (Å²) in [4.78, 5) is 11.4. The van der Waals surface area contributed by atoms with Crippen LogP contribution in [0.15, 0.2) is 18.2 Å². The monoisotopic (exact) mass is 343 g/mol. The molecule has 1 heterocycles. The van der Waals surface area contributed by atoms with Crippen LogP contribution < -0.4 is 5.32 Å². The lowest BCUT2D eigenvalue weighted by atomic mass is 9.77. The van der Waals surface area contributed by atoms with Gasteiger partial charge in [0.1, 0.15) is 6.61 Å². The van der Waals surface area contributed by atoms with Crippen LogP contribution >= 0.6 is 0 Å². The standard InChI is InChI=1S/C21H29NO3/c1-2-3-4-14-5-6-16-11-15(7-8-18(16)19(14)23)17-9-10-21(12-17)13-25-20(24)22-21/h7-8,11,14,17,19,23H,2-6,9-10,12-13H2,1H3,(H,22,24)/t14?,17-,19?,21+/m0/s1. The van der Waals surface area contributed by atoms with E-state index >= 15 is 0 Å². The van der Waals surface area contributed by atoms with Crippen molar-refractivity contribution in [2.45, 2.75) is 75.9 Å². The summed E-state index contributed by atoms with van der Waals surface area (Å²) >= 11 is 0. The highest BCUT2D eigenvalue weighted by Gasteiger charge is 2.46. The van der Waals surface area contributed by atoms with Gasteiger partial charge in [-0.3, -0.25) is 0 Å². The number of unbranched alkanes of at least 4 members (excludes halogenated alkanes) is 1. The number of aliphatic hydroxyl groups is 1. The molecule has 1 aromatic rings. The number of hydrogen-bond donors (Lipinski definition) is 2. The van der Waals surface area contributed by atoms with Crippen LogP contribution in [0.3, 0.4) is 0 Å². The second-order valence-electron chi connectivity index (χ2n) is 8.27. The fourth-order valence-corrected chi connectivity index (χ4v) is 5.05. The van der Waals surface area contributed by atoms with Crippen LogP contribution in [0, 0.1) is 5.92 Å². The molecule has 136 valence electrons. The van der Waals surface area contributed by atoms with E-state index in [0.717, 1.165) is 44.1 Å². The third-order valence-corrected chi connectivity index (χ3v) is 6.57. The Morgan fingerprint density at radius 1 is 1.36 bits per heavy atom. The molecule has 2 unspecified atom stereocenters. The molecule has 2 fully saturated rings. The van der Waals surface area contributed by atoms with Crippen molar-refractivity contribution in [1.29, 1.82) is 0 Å². The maximum Gasteiger partial charge on any atom is 0.407 e. The van der Waals surface area contributed by atoms with Crippen molar-refractivity contribution < 1.29 is 14.6 Å². The van der Waals surface area contributed by atoms with E-state index in [4.69, 9.17) is 4.74 Å². The number of carbonyl (C=O) groups is 1. The first-order chi connectivity index (χ1) is 12.1. The zero-order valence-corrected chi connectivity index (χ0v) is 15.1. The Labute approximate surface area is 150 Å². The van der Waals surface area contributed by atoms with Crippen molar-refractivity contribution in [2.75, 3.05) is 6.61 Å². The Bertz CT molecular complexity index is 659. The minimum Gasteiger partial charge on any atom is -0.447 e. The molecule has 0 radical (unpaired) electrons. The van der Waals surface area contributed by atoms with Crippen molar-refractivity contribution >= 4 is 6.09 Å². The molecular weight excluding hydrogens is 314 g/mol. The number of rotatable bonds is 4. The number of fused-ring (bicyclic) bond motifs is 1. The van der Waals surface area contributed by atoms with E-state index in [-0.39, 0.29) is 17.7 Å². The van der Waals surface area contributed by atoms with Crippen LogP contribution in [0.25, 0.3) is 0 Å². The normalized spacial score (nSPS) is 34.0. The number of benzene rings is 1. The number of alkyl carbamates (subject to hydrolysis) is 1. The predicted octanol–water partition coefficient (Wildman–Crippen LogP) is 4.22. The third-order valence-electron chi connectivity index (χ3n) is 6.57. The van der Waals surface area contributed by atoms with Crippen LogP contribution in [0.1, 0.15) is 80.6 Å². The van der Waals surface area contributed by atoms with Crippen molar-refractivity contribution in [3.05, 3.63) is 34.9 Å². The highest BCUT2D eigenvalue weighted by atomic mass is 16.6. The SMILES string of the molecule is CCCCC1CCc2cc([C@H]3CC[C@]4(COC(=O)N4)C3)ccc2C1O. The van der Waals surface area contributed by atoms with Crippen molar-refractivity contribution in [3.63, 3.8) is 0 Å². The fourth-order valence-electron chi connectivity index (χ4n) is 5.05. The molecule has 1 aromatic carbocycles. The lowest BCUT2D eigenvalue weighted by molar-refractivity contribution is 0.0871. The number of nitrogens with one attached hydrogen (secondary N) is 1. The lowest BCUT2D eigenvalue weighted by Gasteiger charge is -2.31. The van der Waals surface area contributed by atoms with Crippen LogP contribution in [0.5, 0.6) is 0 Å². The number of cyclic esters (lactones) is 1. The van der Waals surface area contributed by atoms with E-state index in [1.165, 1.54) is 24.0 Å². The largest absolute Gasteiger partial charge is 0.447 e. The summed E-state index contributed by atoms with van der Waals surface area (Å²) in [5, 5.41) is 13.8. The number of ether oxygens (including phenoxy) is 1. The summed E-state index contributed by atoms with van der Waals surface area (Å²) in [6.45, 7) is 2.71. The van der Waals surface area contributed by atoms with Gasteiger partial charge in [-0.05, 0) is 67.1 Å². The molecule has 4 atom stereocenters. The highest BCUT2D eigenvalue weighted by Crippen LogP contribution is 2.44. The molecule has 2 aliphatic carbocycles. The molecule has 1 saturated heterocycles. The predicted molar refractivity (Wildman–Crippen MR) is 96.5 cm³/mol. The first-order valence-electron chi connectivity index (χ1n) is 9.86. The maximum atomic E-state index is 11.4. The van der Waals surface area contributed by atoms with Crippen molar-refractivity contribution in [1.82, 2.24) is 5.32 Å². The van der Waals surface area contributed by atoms with E-state index in [2.05, 4.69) is 30.4 Å². The molecule has 4 heteroatoms. The van der Waals surface area contributed by atoms with E-state index < -0.39 is 0 Å². The summed E-state index contributed by atoms with van der Waals surface area (Å²) in [5.41, 5.74) is 3.67. The number of carbonyl (C=O) groups excluding carboxylic acids is 1. The second-order valence-corrected chi connectivity index (χ2v) is 8.27. The van der Waals surface area contributed by atoms with Gasteiger partial charge in [-0.2, -0.15) is 0 Å². The van der Waals surface area contributed by atoms with Crippen LogP contribution in [-0.2, 0) is 11.2 Å². The van der Waals surface area contributed by atoms with Gasteiger partial charge in [0.2, 0.25) is 0 Å². The second kappa shape index (κ2) is 6.64. The van der Waals surface area contributed by atoms with Gasteiger partial charge in [-0.15, -0.1) is 0 Å². The molecule has 1 amide bonds. The number of aryl methyl sites for hydroxylation is 1. The summed E-state index contributed by atoms with van der Waals surface area (Å²) in [7, 11) is 0. The molecule has 1 aliphatic heterocycles. The lowest BCUT2D eigenvalue weighted by Crippen LogP contribution is -2.40. The maximum absolute atomic E-state index is 11.4. The van der Waals surface area contributed by atoms with Gasteiger partial charge in [-0.1, -0.05) is 38.0 Å². The van der Waals surface area contributed by atoms with Crippen molar-refractivity contribution in [3.8, 4) is 0 Å². The van der Waals surface area contributed by atoms with E-state index in [9.17, 15) is 9.90 Å². The number of aliphatic hydroxyl groups excluding tert-OH is 1. The van der Waals surface area contributed by atoms with E-state index in [1.807, 2.05) is 0 Å². The summed E-state index contributed by atoms with van der Waals surface area (Å²) in [5.74, 6) is 0.890. The Morgan fingerprint density at radius 3 is 3.00 bits per heavy atom. The first-order valence-corrected chi connectivity index (χ1v) is 9.86. The molecule has 25 heavy (non-hydrogen) atoms. The Balaban J connectivity index is 1.48. The Hall–Kier alpha value is -1.55. The van der Waals surface area contributed by atoms with Gasteiger partial charge in [0.05, 0.1) is 11.6 Å². The van der Waals surface area contributed by atoms with E-state index in [0.29, 0.717) is 18.4 Å². The molecule has 2 N–H and O–H groups in total. The molecule has 0 bridgehead atoms. The minimum atomic E-state index is -0.304. The minimum absolute atomic E-state index is 0.150. The Kier molecular flexibility index (Phi) is 4.48. The molecule has 0 aromatic heterocycles. The van der Waals surface area contributed by atoms with Crippen LogP contribution in [0.2, 0.25) is 0 Å². The summed E-state index contributed by atoms with van der Waals surface area (Å²) in [6.07, 6.45) is 8.15. The molecule has 1 saturated carbocycles. The smallest absolute Gasteiger partial charge is 0.407 e. The zero-order chi connectivity index (χ0) is 17.4. The molecule has 3 aliphatic rings. The topological polar surface area (TPSA) is 58.6 Å². The highest BCUT2D eigenvalue weighted by molar-refractivity contribution is 5.70. The third kappa shape index (κ3) is 3.17. The summed E-state index contributed by atoms with van der Waals surface area (Å²) < 4.78 is 5.14. The van der Waals surface area contributed by atoms with E-state index in [1.54, 1.807) is 0 Å². The molecule has 4 rings (SSSR count). The number of hydrogen-bond acceptors (Lipinski definition) is 3. The average molecular weight is 343 g/mol. The molecule has 4 nitrogen and oxygen atoms in total. The summed E-state index contributed by atoms with van der Waals surface area (Å²) in [6, 6.07) is 6.67. The molecule has 1 spiro atoms. The number of amides is 1. The van der Waals surface area contributed by atoms with Gasteiger partial charge in [0.25, 0.3) is 0 Å². The van der Waals surface area contributed by atoms with Crippen LogP contribution in [-0.4, -0.2) is 23.3 Å². The van der Waals surface area contributed by atoms with Crippen molar-refractivity contribution in [2.24, 2.45) is 5.92 Å². The van der Waals surface area contributed by atoms with Gasteiger partial charge < -0.3 is 15.2 Å². The van der Waals surface area contributed by atoms with Crippen LogP contribution in [0.4, 0.5) is 4.79 Å². The Morgan fingerprint density at radius 2 is 2.24 bits per heavy atom. The van der Waals surface area contributed by atoms with Gasteiger partial charge >= 0.3 is 6.09 Å². The molecular formula is C21H29NO3. The first kappa shape index (κ1) is 16.9. The zero-order valence-electron chi connectivity index (χ0n) is 15.1. The van der Waals surface area contributed by atoms with Gasteiger partial charge in [-0.25, -0.2) is 4.79 Å². The average Bonchev–Trinajstić information content (AvgIpc) is 3.20.